The molecule has 1 atom stereocenters. The van der Waals surface area contributed by atoms with Gasteiger partial charge in [-0.1, -0.05) is 42.5 Å². The monoisotopic (exact) mass is 493 g/mol. The summed E-state index contributed by atoms with van der Waals surface area (Å²) in [6.45, 7) is 1.00. The van der Waals surface area contributed by atoms with Crippen LogP contribution in [0.2, 0.25) is 0 Å². The molecule has 1 unspecified atom stereocenters. The van der Waals surface area contributed by atoms with Gasteiger partial charge in [-0.25, -0.2) is 4.79 Å². The number of aromatic amines is 1. The zero-order chi connectivity index (χ0) is 25.1. The Labute approximate surface area is 206 Å². The minimum Gasteiger partial charge on any atom is -0.369 e. The van der Waals surface area contributed by atoms with Crippen molar-refractivity contribution in [3.8, 4) is 0 Å². The quantitative estimate of drug-likeness (QED) is 0.319. The first-order valence-electron chi connectivity index (χ1n) is 11.9. The van der Waals surface area contributed by atoms with Gasteiger partial charge in [-0.2, -0.15) is 18.3 Å². The van der Waals surface area contributed by atoms with Gasteiger partial charge in [0.1, 0.15) is 0 Å². The van der Waals surface area contributed by atoms with Crippen LogP contribution in [-0.4, -0.2) is 35.4 Å². The molecule has 0 radical (unpaired) electrons. The van der Waals surface area contributed by atoms with E-state index < -0.39 is 11.7 Å². The molecule has 0 saturated heterocycles. The number of carbonyl (C=O) groups is 1. The summed E-state index contributed by atoms with van der Waals surface area (Å²) in [7, 11) is 0. The van der Waals surface area contributed by atoms with Gasteiger partial charge in [0, 0.05) is 24.2 Å². The first-order chi connectivity index (χ1) is 17.4. The Morgan fingerprint density at radius 3 is 2.72 bits per heavy atom. The van der Waals surface area contributed by atoms with E-state index >= 15 is 0 Å². The van der Waals surface area contributed by atoms with Crippen molar-refractivity contribution in [1.29, 1.82) is 0 Å². The van der Waals surface area contributed by atoms with Gasteiger partial charge < -0.3 is 15.5 Å². The third-order valence-corrected chi connectivity index (χ3v) is 6.46. The van der Waals surface area contributed by atoms with Crippen LogP contribution in [0, 0.1) is 0 Å². The molecule has 0 spiro atoms. The Kier molecular flexibility index (Phi) is 6.54. The lowest BCUT2D eigenvalue weighted by Crippen LogP contribution is -2.49. The van der Waals surface area contributed by atoms with Crippen LogP contribution in [0.25, 0.3) is 10.9 Å². The first kappa shape index (κ1) is 23.7. The molecule has 2 heterocycles. The molecule has 1 aliphatic rings. The fraction of sp³-hybridized carbons (Fsp3) is 0.259. The van der Waals surface area contributed by atoms with Crippen LogP contribution >= 0.6 is 0 Å². The highest BCUT2D eigenvalue weighted by atomic mass is 19.4. The predicted molar refractivity (Wildman–Crippen MR) is 134 cm³/mol. The average Bonchev–Trinajstić information content (AvgIpc) is 3.34. The van der Waals surface area contributed by atoms with E-state index in [2.05, 4.69) is 20.8 Å². The number of alkyl halides is 3. The van der Waals surface area contributed by atoms with E-state index in [1.807, 2.05) is 47.4 Å². The summed E-state index contributed by atoms with van der Waals surface area (Å²) < 4.78 is 40.2. The van der Waals surface area contributed by atoms with E-state index in [1.54, 1.807) is 12.3 Å². The van der Waals surface area contributed by atoms with Gasteiger partial charge in [0.05, 0.1) is 29.0 Å². The molecule has 1 aliphatic heterocycles. The fourth-order valence-corrected chi connectivity index (χ4v) is 4.75. The van der Waals surface area contributed by atoms with E-state index in [9.17, 15) is 18.0 Å². The van der Waals surface area contributed by atoms with Gasteiger partial charge in [0.25, 0.3) is 0 Å². The fourth-order valence-electron chi connectivity index (χ4n) is 4.75. The van der Waals surface area contributed by atoms with Crippen molar-refractivity contribution >= 4 is 28.3 Å². The third-order valence-electron chi connectivity index (χ3n) is 6.46. The van der Waals surface area contributed by atoms with Gasteiger partial charge in [-0.3, -0.25) is 5.10 Å². The Morgan fingerprint density at radius 1 is 1.08 bits per heavy atom. The number of fused-ring (bicyclic) bond motifs is 2. The highest BCUT2D eigenvalue weighted by Crippen LogP contribution is 2.36. The smallest absolute Gasteiger partial charge is 0.369 e. The van der Waals surface area contributed by atoms with Crippen molar-refractivity contribution in [2.75, 3.05) is 23.3 Å². The minimum atomic E-state index is -4.41. The van der Waals surface area contributed by atoms with E-state index in [4.69, 9.17) is 0 Å². The lowest BCUT2D eigenvalue weighted by molar-refractivity contribution is -0.137. The second kappa shape index (κ2) is 9.93. The molecule has 186 valence electrons. The molecular formula is C27H26F3N5O. The number of carbonyl (C=O) groups excluding carboxylic acids is 1. The normalized spacial score (nSPS) is 15.5. The third kappa shape index (κ3) is 5.30. The zero-order valence-corrected chi connectivity index (χ0v) is 19.5. The van der Waals surface area contributed by atoms with Gasteiger partial charge in [-0.15, -0.1) is 0 Å². The van der Waals surface area contributed by atoms with Crippen molar-refractivity contribution < 1.29 is 18.0 Å². The van der Waals surface area contributed by atoms with Gasteiger partial charge >= 0.3 is 12.2 Å². The standard InChI is InChI=1S/C27H26F3N5O/c28-27(29,30)20-12-11-19-14-21(32-26(36)33-23-9-4-10-24-22(23)16-31-34-24)17-35(25(19)15-20)13-5-8-18-6-2-1-3-7-18/h1-4,6-7,9-12,15-16,21H,5,8,13-14,17H2,(H,31,34)(H2,32,33,36). The summed E-state index contributed by atoms with van der Waals surface area (Å²) in [5.74, 6) is 0. The topological polar surface area (TPSA) is 73.0 Å². The number of halogens is 3. The van der Waals surface area contributed by atoms with Crippen LogP contribution in [0.4, 0.5) is 29.3 Å². The highest BCUT2D eigenvalue weighted by Gasteiger charge is 2.33. The number of nitrogens with zero attached hydrogens (tertiary/aromatic N) is 2. The van der Waals surface area contributed by atoms with Crippen LogP contribution in [0.5, 0.6) is 0 Å². The molecule has 9 heteroatoms. The molecule has 1 aromatic heterocycles. The van der Waals surface area contributed by atoms with E-state index in [1.165, 1.54) is 17.7 Å². The van der Waals surface area contributed by atoms with Crippen LogP contribution in [0.3, 0.4) is 0 Å². The van der Waals surface area contributed by atoms with Gasteiger partial charge in [0.15, 0.2) is 0 Å². The van der Waals surface area contributed by atoms with Crippen molar-refractivity contribution in [3.63, 3.8) is 0 Å². The Bertz CT molecular complexity index is 1350. The number of aryl methyl sites for hydroxylation is 1. The zero-order valence-electron chi connectivity index (χ0n) is 19.5. The largest absolute Gasteiger partial charge is 0.416 e. The molecule has 4 aromatic rings. The maximum Gasteiger partial charge on any atom is 0.416 e. The predicted octanol–water partition coefficient (Wildman–Crippen LogP) is 5.77. The average molecular weight is 494 g/mol. The number of hydrogen-bond donors (Lipinski definition) is 3. The number of amides is 2. The van der Waals surface area contributed by atoms with E-state index in [0.29, 0.717) is 30.9 Å². The number of urea groups is 1. The molecule has 3 aromatic carbocycles. The molecule has 5 rings (SSSR count). The van der Waals surface area contributed by atoms with E-state index in [0.717, 1.165) is 35.4 Å². The second-order valence-corrected chi connectivity index (χ2v) is 9.01. The Balaban J connectivity index is 1.31. The maximum absolute atomic E-state index is 13.4. The summed E-state index contributed by atoms with van der Waals surface area (Å²) in [5, 5.41) is 13.6. The van der Waals surface area contributed by atoms with Crippen LogP contribution < -0.4 is 15.5 Å². The summed E-state index contributed by atoms with van der Waals surface area (Å²) in [6, 6.07) is 18.7. The molecule has 0 aliphatic carbocycles. The molecule has 3 N–H and O–H groups in total. The molecule has 2 amide bonds. The van der Waals surface area contributed by atoms with Crippen molar-refractivity contribution in [2.24, 2.45) is 0 Å². The second-order valence-electron chi connectivity index (χ2n) is 9.01. The summed E-state index contributed by atoms with van der Waals surface area (Å²) in [5.41, 5.74) is 3.33. The van der Waals surface area contributed by atoms with Crippen molar-refractivity contribution in [2.45, 2.75) is 31.5 Å². The lowest BCUT2D eigenvalue weighted by Gasteiger charge is -2.37. The lowest BCUT2D eigenvalue weighted by atomic mass is 9.95. The van der Waals surface area contributed by atoms with Crippen LogP contribution in [0.1, 0.15) is 23.1 Å². The number of hydrogen-bond acceptors (Lipinski definition) is 3. The maximum atomic E-state index is 13.4. The van der Waals surface area contributed by atoms with E-state index in [-0.39, 0.29) is 12.1 Å². The minimum absolute atomic E-state index is 0.255. The number of rotatable bonds is 6. The molecule has 6 nitrogen and oxygen atoms in total. The van der Waals surface area contributed by atoms with Crippen molar-refractivity contribution in [1.82, 2.24) is 15.5 Å². The Hall–Kier alpha value is -4.01. The molecule has 36 heavy (non-hydrogen) atoms. The number of anilines is 2. The molecule has 0 fully saturated rings. The summed E-state index contributed by atoms with van der Waals surface area (Å²) >= 11 is 0. The van der Waals surface area contributed by atoms with Crippen LogP contribution in [0.15, 0.2) is 72.9 Å². The SMILES string of the molecule is O=C(Nc1cccc2[nH]ncc12)NC1Cc2ccc(C(F)(F)F)cc2N(CCCc2ccccc2)C1. The first-order valence-corrected chi connectivity index (χ1v) is 11.9. The molecule has 0 saturated carbocycles. The number of aromatic nitrogens is 2. The van der Waals surface area contributed by atoms with Gasteiger partial charge in [-0.05, 0) is 54.7 Å². The van der Waals surface area contributed by atoms with Crippen molar-refractivity contribution in [3.05, 3.63) is 89.6 Å². The Morgan fingerprint density at radius 2 is 1.92 bits per heavy atom. The number of nitrogens with one attached hydrogen (secondary N) is 3. The molecular weight excluding hydrogens is 467 g/mol. The summed E-state index contributed by atoms with van der Waals surface area (Å²) in [4.78, 5) is 14.8. The number of H-pyrrole nitrogens is 1. The summed E-state index contributed by atoms with van der Waals surface area (Å²) in [6.07, 6.45) is -0.714. The molecule has 0 bridgehead atoms. The van der Waals surface area contributed by atoms with Crippen LogP contribution in [-0.2, 0) is 19.0 Å². The highest BCUT2D eigenvalue weighted by molar-refractivity contribution is 6.00. The number of benzene rings is 3. The van der Waals surface area contributed by atoms with Gasteiger partial charge in [0.2, 0.25) is 0 Å².